The minimum Gasteiger partial charge on any atom is -0.443 e. The Bertz CT molecular complexity index is 1350. The molecule has 2 aromatic carbocycles. The van der Waals surface area contributed by atoms with Crippen molar-refractivity contribution in [2.75, 3.05) is 0 Å². The SMILES string of the molecule is CC(C)c1ccc2c(C=CC(=O)N(NC(=O)c3cccc(F)c3)C(C)C)cn(C(=O)OC(C)(C)C)c2c1. The molecule has 0 atom stereocenters. The van der Waals surface area contributed by atoms with E-state index in [9.17, 15) is 18.8 Å². The Labute approximate surface area is 216 Å². The maximum atomic E-state index is 13.5. The van der Waals surface area contributed by atoms with Crippen LogP contribution in [0.2, 0.25) is 0 Å². The molecule has 1 N–H and O–H groups in total. The molecule has 0 saturated carbocycles. The van der Waals surface area contributed by atoms with Gasteiger partial charge in [0.1, 0.15) is 11.4 Å². The number of carbonyl (C=O) groups excluding carboxylic acids is 3. The molecule has 0 unspecified atom stereocenters. The van der Waals surface area contributed by atoms with Crippen molar-refractivity contribution >= 4 is 34.9 Å². The van der Waals surface area contributed by atoms with Gasteiger partial charge in [-0.1, -0.05) is 32.0 Å². The first kappa shape index (κ1) is 27.6. The molecule has 0 aliphatic rings. The van der Waals surface area contributed by atoms with Crippen molar-refractivity contribution in [1.29, 1.82) is 0 Å². The van der Waals surface area contributed by atoms with E-state index in [1.165, 1.54) is 33.9 Å². The normalized spacial score (nSPS) is 11.9. The van der Waals surface area contributed by atoms with Crippen LogP contribution in [0.1, 0.15) is 75.9 Å². The summed E-state index contributed by atoms with van der Waals surface area (Å²) < 4.78 is 20.6. The summed E-state index contributed by atoms with van der Waals surface area (Å²) in [7, 11) is 0. The van der Waals surface area contributed by atoms with Crippen LogP contribution in [-0.4, -0.2) is 39.1 Å². The summed E-state index contributed by atoms with van der Waals surface area (Å²) in [6.45, 7) is 13.0. The number of benzene rings is 2. The van der Waals surface area contributed by atoms with Crippen LogP contribution in [0.15, 0.2) is 54.7 Å². The molecule has 0 fully saturated rings. The lowest BCUT2D eigenvalue weighted by molar-refractivity contribution is -0.130. The first-order valence-corrected chi connectivity index (χ1v) is 12.2. The van der Waals surface area contributed by atoms with E-state index in [1.807, 2.05) is 18.2 Å². The minimum atomic E-state index is -0.674. The van der Waals surface area contributed by atoms with E-state index in [0.717, 1.165) is 17.0 Å². The van der Waals surface area contributed by atoms with E-state index < -0.39 is 29.3 Å². The number of halogens is 1. The van der Waals surface area contributed by atoms with E-state index >= 15 is 0 Å². The lowest BCUT2D eigenvalue weighted by Gasteiger charge is -2.25. The fraction of sp³-hybridized carbons (Fsp3) is 0.345. The van der Waals surface area contributed by atoms with Crippen LogP contribution < -0.4 is 5.43 Å². The number of hydrogen-bond acceptors (Lipinski definition) is 4. The standard InChI is InChI=1S/C29H34FN3O4/c1-18(2)20-11-13-24-22(17-32(25(24)16-20)28(36)37-29(5,6)7)12-14-26(34)33(19(3)4)31-27(35)21-9-8-10-23(30)15-21/h8-19H,1-7H3,(H,31,35). The van der Waals surface area contributed by atoms with Crippen LogP contribution >= 0.6 is 0 Å². The van der Waals surface area contributed by atoms with Gasteiger partial charge >= 0.3 is 6.09 Å². The maximum Gasteiger partial charge on any atom is 0.419 e. The molecular weight excluding hydrogens is 473 g/mol. The summed E-state index contributed by atoms with van der Waals surface area (Å²) in [5.74, 6) is -1.36. The van der Waals surface area contributed by atoms with E-state index in [-0.39, 0.29) is 17.5 Å². The molecule has 7 nitrogen and oxygen atoms in total. The molecule has 1 heterocycles. The second-order valence-electron chi connectivity index (χ2n) is 10.5. The number of aromatic nitrogens is 1. The molecule has 8 heteroatoms. The monoisotopic (exact) mass is 507 g/mol. The Morgan fingerprint density at radius 2 is 1.76 bits per heavy atom. The van der Waals surface area contributed by atoms with Crippen LogP contribution in [0, 0.1) is 5.82 Å². The van der Waals surface area contributed by atoms with Gasteiger partial charge in [0.25, 0.3) is 11.8 Å². The first-order valence-electron chi connectivity index (χ1n) is 12.2. The van der Waals surface area contributed by atoms with Gasteiger partial charge in [-0.05, 0) is 76.4 Å². The van der Waals surface area contributed by atoms with Crippen molar-refractivity contribution in [2.24, 2.45) is 0 Å². The molecule has 0 radical (unpaired) electrons. The van der Waals surface area contributed by atoms with Crippen LogP contribution in [0.25, 0.3) is 17.0 Å². The fourth-order valence-corrected chi connectivity index (χ4v) is 3.71. The summed E-state index contributed by atoms with van der Waals surface area (Å²) in [6.07, 6.45) is 4.05. The summed E-state index contributed by atoms with van der Waals surface area (Å²) in [5.41, 5.74) is 4.36. The Hall–Kier alpha value is -3.94. The number of hydrazine groups is 1. The summed E-state index contributed by atoms with van der Waals surface area (Å²) in [4.78, 5) is 38.6. The van der Waals surface area contributed by atoms with E-state index in [1.54, 1.807) is 46.9 Å². The molecule has 0 saturated heterocycles. The van der Waals surface area contributed by atoms with E-state index in [4.69, 9.17) is 4.74 Å². The highest BCUT2D eigenvalue weighted by Crippen LogP contribution is 2.28. The molecule has 2 amide bonds. The van der Waals surface area contributed by atoms with Crippen molar-refractivity contribution in [3.8, 4) is 0 Å². The molecule has 0 spiro atoms. The number of nitrogens with one attached hydrogen (secondary N) is 1. The Balaban J connectivity index is 1.93. The molecule has 0 aliphatic carbocycles. The second-order valence-corrected chi connectivity index (χ2v) is 10.5. The molecule has 0 bridgehead atoms. The zero-order chi connectivity index (χ0) is 27.5. The van der Waals surface area contributed by atoms with Gasteiger partial charge in [0.2, 0.25) is 0 Å². The highest BCUT2D eigenvalue weighted by Gasteiger charge is 2.22. The van der Waals surface area contributed by atoms with Gasteiger partial charge in [-0.25, -0.2) is 14.2 Å². The zero-order valence-corrected chi connectivity index (χ0v) is 22.3. The number of rotatable bonds is 5. The second kappa shape index (κ2) is 11.0. The topological polar surface area (TPSA) is 80.6 Å². The van der Waals surface area contributed by atoms with Crippen molar-refractivity contribution in [3.05, 3.63) is 77.2 Å². The lowest BCUT2D eigenvalue weighted by Crippen LogP contribution is -2.49. The van der Waals surface area contributed by atoms with Gasteiger partial charge in [0, 0.05) is 34.8 Å². The van der Waals surface area contributed by atoms with E-state index in [2.05, 4.69) is 19.3 Å². The van der Waals surface area contributed by atoms with Gasteiger partial charge in [-0.15, -0.1) is 0 Å². The number of fused-ring (bicyclic) bond motifs is 1. The van der Waals surface area contributed by atoms with Crippen molar-refractivity contribution in [1.82, 2.24) is 15.0 Å². The van der Waals surface area contributed by atoms with Crippen molar-refractivity contribution in [2.45, 2.75) is 66.0 Å². The summed E-state index contributed by atoms with van der Waals surface area (Å²) in [5, 5.41) is 1.95. The molecule has 3 rings (SSSR count). The van der Waals surface area contributed by atoms with Gasteiger partial charge in [0.05, 0.1) is 5.52 Å². The predicted molar refractivity (Wildman–Crippen MR) is 143 cm³/mol. The lowest BCUT2D eigenvalue weighted by atomic mass is 10.0. The zero-order valence-electron chi connectivity index (χ0n) is 22.3. The Morgan fingerprint density at radius 3 is 2.35 bits per heavy atom. The predicted octanol–water partition coefficient (Wildman–Crippen LogP) is 6.28. The Morgan fingerprint density at radius 1 is 1.05 bits per heavy atom. The van der Waals surface area contributed by atoms with Crippen LogP contribution in [0.4, 0.5) is 9.18 Å². The summed E-state index contributed by atoms with van der Waals surface area (Å²) in [6, 6.07) is 10.7. The third-order valence-electron chi connectivity index (χ3n) is 5.59. The van der Waals surface area contributed by atoms with Gasteiger partial charge < -0.3 is 4.74 Å². The third-order valence-corrected chi connectivity index (χ3v) is 5.59. The number of hydrogen-bond donors (Lipinski definition) is 1. The van der Waals surface area contributed by atoms with Crippen molar-refractivity contribution in [3.63, 3.8) is 0 Å². The molecular formula is C29H34FN3O4. The Kier molecular flexibility index (Phi) is 8.21. The van der Waals surface area contributed by atoms with Gasteiger partial charge in [0.15, 0.2) is 0 Å². The number of amides is 2. The minimum absolute atomic E-state index is 0.101. The number of carbonyl (C=O) groups is 3. The molecule has 3 aromatic rings. The molecule has 1 aromatic heterocycles. The van der Waals surface area contributed by atoms with Crippen LogP contribution in [0.3, 0.4) is 0 Å². The third kappa shape index (κ3) is 6.84. The average molecular weight is 508 g/mol. The smallest absolute Gasteiger partial charge is 0.419 e. The van der Waals surface area contributed by atoms with E-state index in [0.29, 0.717) is 11.1 Å². The number of ether oxygens (including phenoxy) is 1. The highest BCUT2D eigenvalue weighted by molar-refractivity contribution is 6.01. The van der Waals surface area contributed by atoms with Gasteiger partial charge in [-0.3, -0.25) is 19.6 Å². The van der Waals surface area contributed by atoms with Gasteiger partial charge in [-0.2, -0.15) is 0 Å². The number of nitrogens with zero attached hydrogens (tertiary/aromatic N) is 2. The maximum absolute atomic E-state index is 13.5. The van der Waals surface area contributed by atoms with Crippen LogP contribution in [-0.2, 0) is 9.53 Å². The average Bonchev–Trinajstić information content (AvgIpc) is 3.17. The highest BCUT2D eigenvalue weighted by atomic mass is 19.1. The van der Waals surface area contributed by atoms with Crippen LogP contribution in [0.5, 0.6) is 0 Å². The quantitative estimate of drug-likeness (QED) is 0.325. The summed E-state index contributed by atoms with van der Waals surface area (Å²) >= 11 is 0. The molecule has 0 aliphatic heterocycles. The largest absolute Gasteiger partial charge is 0.443 e. The first-order chi connectivity index (χ1) is 17.3. The van der Waals surface area contributed by atoms with Crippen molar-refractivity contribution < 1.29 is 23.5 Å². The fourth-order valence-electron chi connectivity index (χ4n) is 3.71. The molecule has 37 heavy (non-hydrogen) atoms. The molecule has 196 valence electrons.